The lowest BCUT2D eigenvalue weighted by molar-refractivity contribution is -0.117. The second-order valence-electron chi connectivity index (χ2n) is 6.75. The lowest BCUT2D eigenvalue weighted by atomic mass is 10.2. The van der Waals surface area contributed by atoms with Crippen LogP contribution in [0.1, 0.15) is 22.3 Å². The van der Waals surface area contributed by atoms with Crippen LogP contribution in [0.25, 0.3) is 11.4 Å². The Morgan fingerprint density at radius 2 is 1.89 bits per heavy atom. The van der Waals surface area contributed by atoms with Crippen molar-refractivity contribution in [2.45, 2.75) is 19.4 Å². The van der Waals surface area contributed by atoms with Gasteiger partial charge in [-0.05, 0) is 36.8 Å². The van der Waals surface area contributed by atoms with Gasteiger partial charge in [0, 0.05) is 49.0 Å². The highest BCUT2D eigenvalue weighted by Crippen LogP contribution is 2.22. The van der Waals surface area contributed by atoms with Crippen LogP contribution in [0.15, 0.2) is 61.2 Å². The molecule has 0 saturated carbocycles. The molecule has 1 unspecified atom stereocenters. The van der Waals surface area contributed by atoms with Gasteiger partial charge in [-0.25, -0.2) is 9.97 Å². The van der Waals surface area contributed by atoms with Crippen LogP contribution in [0.2, 0.25) is 0 Å². The molecule has 3 heterocycles. The number of rotatable bonds is 4. The van der Waals surface area contributed by atoms with Gasteiger partial charge in [0.25, 0.3) is 5.91 Å². The summed E-state index contributed by atoms with van der Waals surface area (Å²) in [5.41, 5.74) is 3.13. The standard InChI is InChI=1S/C21H19N5O2/c1-14-3-2-4-18(9-14)26-13-17(10-19(26)27)25-21(28)16-11-23-20(24-12-16)15-5-7-22-8-6-15/h2-9,11-12,17H,10,13H2,1H3,(H,25,28). The predicted octanol–water partition coefficient (Wildman–Crippen LogP) is 2.38. The van der Waals surface area contributed by atoms with Crippen LogP contribution in [0.3, 0.4) is 0 Å². The largest absolute Gasteiger partial charge is 0.347 e. The van der Waals surface area contributed by atoms with E-state index in [0.29, 0.717) is 17.9 Å². The van der Waals surface area contributed by atoms with Gasteiger partial charge in [0.1, 0.15) is 0 Å². The lowest BCUT2D eigenvalue weighted by Crippen LogP contribution is -2.37. The van der Waals surface area contributed by atoms with Gasteiger partial charge in [0.15, 0.2) is 5.82 Å². The van der Waals surface area contributed by atoms with Gasteiger partial charge < -0.3 is 10.2 Å². The first-order valence-corrected chi connectivity index (χ1v) is 9.00. The maximum Gasteiger partial charge on any atom is 0.254 e. The molecule has 0 spiro atoms. The maximum atomic E-state index is 12.5. The molecule has 140 valence electrons. The van der Waals surface area contributed by atoms with E-state index >= 15 is 0 Å². The first-order chi connectivity index (χ1) is 13.6. The molecule has 1 atom stereocenters. The summed E-state index contributed by atoms with van der Waals surface area (Å²) < 4.78 is 0. The van der Waals surface area contributed by atoms with E-state index in [0.717, 1.165) is 16.8 Å². The number of benzene rings is 1. The fourth-order valence-electron chi connectivity index (χ4n) is 3.21. The van der Waals surface area contributed by atoms with Crippen molar-refractivity contribution in [2.24, 2.45) is 0 Å². The molecule has 1 aromatic carbocycles. The third-order valence-electron chi connectivity index (χ3n) is 4.63. The maximum absolute atomic E-state index is 12.5. The molecule has 7 nitrogen and oxygen atoms in total. The molecule has 0 radical (unpaired) electrons. The van der Waals surface area contributed by atoms with Crippen LogP contribution in [0, 0.1) is 6.92 Å². The predicted molar refractivity (Wildman–Crippen MR) is 105 cm³/mol. The van der Waals surface area contributed by atoms with Gasteiger partial charge in [-0.15, -0.1) is 0 Å². The van der Waals surface area contributed by atoms with E-state index in [1.54, 1.807) is 29.4 Å². The Morgan fingerprint density at radius 1 is 1.14 bits per heavy atom. The van der Waals surface area contributed by atoms with Gasteiger partial charge >= 0.3 is 0 Å². The highest BCUT2D eigenvalue weighted by molar-refractivity contribution is 5.98. The first kappa shape index (κ1) is 17.8. The summed E-state index contributed by atoms with van der Waals surface area (Å²) >= 11 is 0. The van der Waals surface area contributed by atoms with Crippen LogP contribution in [-0.2, 0) is 4.79 Å². The number of carbonyl (C=O) groups excluding carboxylic acids is 2. The molecule has 1 fully saturated rings. The van der Waals surface area contributed by atoms with E-state index in [1.165, 1.54) is 12.4 Å². The number of carbonyl (C=O) groups is 2. The number of nitrogens with zero attached hydrogens (tertiary/aromatic N) is 4. The molecule has 2 aromatic heterocycles. The zero-order valence-electron chi connectivity index (χ0n) is 15.4. The fourth-order valence-corrected chi connectivity index (χ4v) is 3.21. The average molecular weight is 373 g/mol. The summed E-state index contributed by atoms with van der Waals surface area (Å²) in [6, 6.07) is 11.1. The number of hydrogen-bond acceptors (Lipinski definition) is 5. The van der Waals surface area contributed by atoms with Crippen LogP contribution >= 0.6 is 0 Å². The third-order valence-corrected chi connectivity index (χ3v) is 4.63. The second kappa shape index (κ2) is 7.56. The lowest BCUT2D eigenvalue weighted by Gasteiger charge is -2.17. The van der Waals surface area contributed by atoms with E-state index in [4.69, 9.17) is 0 Å². The number of hydrogen-bond donors (Lipinski definition) is 1. The second-order valence-corrected chi connectivity index (χ2v) is 6.75. The van der Waals surface area contributed by atoms with Crippen molar-refractivity contribution in [3.63, 3.8) is 0 Å². The first-order valence-electron chi connectivity index (χ1n) is 9.00. The number of nitrogens with one attached hydrogen (secondary N) is 1. The molecule has 1 saturated heterocycles. The highest BCUT2D eigenvalue weighted by atomic mass is 16.2. The molecule has 7 heteroatoms. The minimum absolute atomic E-state index is 0.000171. The van der Waals surface area contributed by atoms with Gasteiger partial charge in [-0.2, -0.15) is 0 Å². The summed E-state index contributed by atoms with van der Waals surface area (Å²) in [5.74, 6) is 0.242. The normalized spacial score (nSPS) is 16.2. The number of aryl methyl sites for hydroxylation is 1. The van der Waals surface area contributed by atoms with Crippen molar-refractivity contribution < 1.29 is 9.59 Å². The van der Waals surface area contributed by atoms with Crippen molar-refractivity contribution in [3.05, 3.63) is 72.3 Å². The highest BCUT2D eigenvalue weighted by Gasteiger charge is 2.31. The van der Waals surface area contributed by atoms with E-state index < -0.39 is 0 Å². The number of pyridine rings is 1. The van der Waals surface area contributed by atoms with E-state index in [1.807, 2.05) is 31.2 Å². The monoisotopic (exact) mass is 373 g/mol. The zero-order chi connectivity index (χ0) is 19.5. The van der Waals surface area contributed by atoms with Crippen molar-refractivity contribution >= 4 is 17.5 Å². The third kappa shape index (κ3) is 3.73. The Labute approximate surface area is 162 Å². The molecule has 1 aliphatic heterocycles. The Morgan fingerprint density at radius 3 is 2.61 bits per heavy atom. The topological polar surface area (TPSA) is 88.1 Å². The smallest absolute Gasteiger partial charge is 0.254 e. The molecule has 0 bridgehead atoms. The average Bonchev–Trinajstić information content (AvgIpc) is 3.09. The molecule has 0 aliphatic carbocycles. The minimum atomic E-state index is -0.287. The Hall–Kier alpha value is -3.61. The molecule has 4 rings (SSSR count). The van der Waals surface area contributed by atoms with Crippen molar-refractivity contribution in [1.82, 2.24) is 20.3 Å². The number of aromatic nitrogens is 3. The van der Waals surface area contributed by atoms with Crippen LogP contribution in [-0.4, -0.2) is 39.4 Å². The molecule has 1 aliphatic rings. The zero-order valence-corrected chi connectivity index (χ0v) is 15.4. The van der Waals surface area contributed by atoms with Crippen molar-refractivity contribution in [3.8, 4) is 11.4 Å². The Balaban J connectivity index is 1.42. The van der Waals surface area contributed by atoms with Gasteiger partial charge in [0.05, 0.1) is 11.6 Å². The molecule has 2 amide bonds. The van der Waals surface area contributed by atoms with Crippen LogP contribution in [0.4, 0.5) is 5.69 Å². The van der Waals surface area contributed by atoms with E-state index in [-0.39, 0.29) is 24.3 Å². The quantitative estimate of drug-likeness (QED) is 0.759. The Bertz CT molecular complexity index is 1000. The summed E-state index contributed by atoms with van der Waals surface area (Å²) in [5, 5.41) is 2.91. The molecular weight excluding hydrogens is 354 g/mol. The molecule has 1 N–H and O–H groups in total. The molecule has 28 heavy (non-hydrogen) atoms. The molecular formula is C21H19N5O2. The van der Waals surface area contributed by atoms with Crippen LogP contribution in [0.5, 0.6) is 0 Å². The molecule has 3 aromatic rings. The summed E-state index contributed by atoms with van der Waals surface area (Å²) in [7, 11) is 0. The Kier molecular flexibility index (Phi) is 4.80. The SMILES string of the molecule is Cc1cccc(N2CC(NC(=O)c3cnc(-c4ccncc4)nc3)CC2=O)c1. The van der Waals surface area contributed by atoms with Crippen molar-refractivity contribution in [2.75, 3.05) is 11.4 Å². The minimum Gasteiger partial charge on any atom is -0.347 e. The van der Waals surface area contributed by atoms with Gasteiger partial charge in [-0.1, -0.05) is 12.1 Å². The summed E-state index contributed by atoms with van der Waals surface area (Å²) in [6.45, 7) is 2.43. The van der Waals surface area contributed by atoms with E-state index in [2.05, 4.69) is 20.3 Å². The fraction of sp³-hybridized carbons (Fsp3) is 0.190. The van der Waals surface area contributed by atoms with Gasteiger partial charge in [0.2, 0.25) is 5.91 Å². The summed E-state index contributed by atoms with van der Waals surface area (Å²) in [4.78, 5) is 39.1. The van der Waals surface area contributed by atoms with Crippen LogP contribution < -0.4 is 10.2 Å². The van der Waals surface area contributed by atoms with Gasteiger partial charge in [-0.3, -0.25) is 14.6 Å². The van der Waals surface area contributed by atoms with Crippen molar-refractivity contribution in [1.29, 1.82) is 0 Å². The van der Waals surface area contributed by atoms with E-state index in [9.17, 15) is 9.59 Å². The number of anilines is 1. The summed E-state index contributed by atoms with van der Waals surface area (Å²) in [6.07, 6.45) is 6.59. The number of amides is 2.